The fourth-order valence-corrected chi connectivity index (χ4v) is 2.17. The molecule has 0 aliphatic heterocycles. The standard InChI is InChI=1S/C12H25N5O/c1-5-8-17-10(9-14-16-17)11(15-13)12(4,6-2)18-7-3/h9,11,15H,5-8,13H2,1-4H3. The summed E-state index contributed by atoms with van der Waals surface area (Å²) in [5.41, 5.74) is 3.46. The second-order valence-corrected chi connectivity index (χ2v) is 4.58. The Bertz CT molecular complexity index is 354. The zero-order valence-electron chi connectivity index (χ0n) is 11.8. The van der Waals surface area contributed by atoms with Gasteiger partial charge in [0, 0.05) is 13.2 Å². The molecule has 1 aromatic rings. The predicted molar refractivity (Wildman–Crippen MR) is 70.7 cm³/mol. The number of nitrogens with one attached hydrogen (secondary N) is 1. The Morgan fingerprint density at radius 1 is 1.50 bits per heavy atom. The second-order valence-electron chi connectivity index (χ2n) is 4.58. The van der Waals surface area contributed by atoms with Crippen molar-refractivity contribution in [2.45, 2.75) is 58.7 Å². The van der Waals surface area contributed by atoms with Crippen LogP contribution in [-0.2, 0) is 11.3 Å². The molecule has 104 valence electrons. The van der Waals surface area contributed by atoms with Crippen molar-refractivity contribution in [3.8, 4) is 0 Å². The van der Waals surface area contributed by atoms with Crippen molar-refractivity contribution in [1.82, 2.24) is 20.4 Å². The molecule has 2 unspecified atom stereocenters. The second kappa shape index (κ2) is 6.82. The van der Waals surface area contributed by atoms with Gasteiger partial charge in [0.2, 0.25) is 0 Å². The Kier molecular flexibility index (Phi) is 5.71. The van der Waals surface area contributed by atoms with Gasteiger partial charge in [-0.1, -0.05) is 19.1 Å². The number of ether oxygens (including phenoxy) is 1. The van der Waals surface area contributed by atoms with Crippen molar-refractivity contribution in [1.29, 1.82) is 0 Å². The first kappa shape index (κ1) is 15.1. The van der Waals surface area contributed by atoms with Gasteiger partial charge in [-0.05, 0) is 26.7 Å². The normalized spacial score (nSPS) is 16.5. The third kappa shape index (κ3) is 3.07. The molecule has 0 aliphatic carbocycles. The van der Waals surface area contributed by atoms with E-state index in [1.165, 1.54) is 0 Å². The van der Waals surface area contributed by atoms with Crippen molar-refractivity contribution >= 4 is 0 Å². The van der Waals surface area contributed by atoms with Gasteiger partial charge >= 0.3 is 0 Å². The maximum absolute atomic E-state index is 5.88. The average Bonchev–Trinajstić information content (AvgIpc) is 2.79. The molecule has 1 heterocycles. The largest absolute Gasteiger partial charge is 0.373 e. The van der Waals surface area contributed by atoms with E-state index in [4.69, 9.17) is 10.6 Å². The van der Waals surface area contributed by atoms with Crippen LogP contribution in [0.4, 0.5) is 0 Å². The van der Waals surface area contributed by atoms with Crippen molar-refractivity contribution in [3.05, 3.63) is 11.9 Å². The summed E-state index contributed by atoms with van der Waals surface area (Å²) in [5.74, 6) is 5.72. The summed E-state index contributed by atoms with van der Waals surface area (Å²) in [5, 5.41) is 8.08. The summed E-state index contributed by atoms with van der Waals surface area (Å²) in [6.07, 6.45) is 3.62. The van der Waals surface area contributed by atoms with Crippen molar-refractivity contribution in [2.24, 2.45) is 5.84 Å². The fraction of sp³-hybridized carbons (Fsp3) is 0.833. The number of hydrogen-bond acceptors (Lipinski definition) is 5. The zero-order chi connectivity index (χ0) is 13.6. The summed E-state index contributed by atoms with van der Waals surface area (Å²) < 4.78 is 7.76. The molecule has 6 nitrogen and oxygen atoms in total. The molecule has 18 heavy (non-hydrogen) atoms. The van der Waals surface area contributed by atoms with Gasteiger partial charge in [0.1, 0.15) is 0 Å². The van der Waals surface area contributed by atoms with Crippen LogP contribution in [0.25, 0.3) is 0 Å². The molecule has 1 aromatic heterocycles. The Hall–Kier alpha value is -0.980. The minimum absolute atomic E-state index is 0.121. The third-order valence-corrected chi connectivity index (χ3v) is 3.33. The number of hydrazine groups is 1. The summed E-state index contributed by atoms with van der Waals surface area (Å²) in [4.78, 5) is 0. The molecule has 1 rings (SSSR count). The number of hydrogen-bond donors (Lipinski definition) is 2. The van der Waals surface area contributed by atoms with Crippen LogP contribution in [0, 0.1) is 0 Å². The van der Waals surface area contributed by atoms with Gasteiger partial charge in [-0.3, -0.25) is 5.84 Å². The van der Waals surface area contributed by atoms with E-state index in [9.17, 15) is 0 Å². The summed E-state index contributed by atoms with van der Waals surface area (Å²) in [7, 11) is 0. The maximum atomic E-state index is 5.88. The quantitative estimate of drug-likeness (QED) is 0.542. The number of rotatable bonds is 8. The molecule has 0 saturated heterocycles. The Labute approximate surface area is 109 Å². The van der Waals surface area contributed by atoms with E-state index in [0.717, 1.165) is 25.1 Å². The predicted octanol–water partition coefficient (Wildman–Crippen LogP) is 1.40. The Morgan fingerprint density at radius 3 is 2.72 bits per heavy atom. The molecule has 0 aliphatic rings. The molecule has 0 radical (unpaired) electrons. The van der Waals surface area contributed by atoms with E-state index < -0.39 is 0 Å². The first-order valence-electron chi connectivity index (χ1n) is 6.61. The molecular weight excluding hydrogens is 230 g/mol. The Balaban J connectivity index is 3.03. The highest BCUT2D eigenvalue weighted by atomic mass is 16.5. The first-order chi connectivity index (χ1) is 8.62. The summed E-state index contributed by atoms with van der Waals surface area (Å²) in [6.45, 7) is 9.73. The van der Waals surface area contributed by atoms with E-state index in [-0.39, 0.29) is 11.6 Å². The molecule has 6 heteroatoms. The monoisotopic (exact) mass is 255 g/mol. The molecule has 0 bridgehead atoms. The highest BCUT2D eigenvalue weighted by molar-refractivity contribution is 5.09. The first-order valence-corrected chi connectivity index (χ1v) is 6.61. The highest BCUT2D eigenvalue weighted by Gasteiger charge is 2.36. The van der Waals surface area contributed by atoms with Gasteiger partial charge in [-0.25, -0.2) is 10.1 Å². The van der Waals surface area contributed by atoms with Gasteiger partial charge < -0.3 is 4.74 Å². The van der Waals surface area contributed by atoms with Crippen LogP contribution in [0.5, 0.6) is 0 Å². The minimum atomic E-state index is -0.364. The van der Waals surface area contributed by atoms with E-state index in [1.807, 2.05) is 11.6 Å². The van der Waals surface area contributed by atoms with Crippen LogP contribution in [-0.4, -0.2) is 27.2 Å². The van der Waals surface area contributed by atoms with Gasteiger partial charge in [-0.2, -0.15) is 0 Å². The van der Waals surface area contributed by atoms with Gasteiger partial charge in [0.05, 0.1) is 23.5 Å². The van der Waals surface area contributed by atoms with Crippen LogP contribution >= 0.6 is 0 Å². The van der Waals surface area contributed by atoms with Gasteiger partial charge in [0.25, 0.3) is 0 Å². The summed E-state index contributed by atoms with van der Waals surface area (Å²) >= 11 is 0. The zero-order valence-corrected chi connectivity index (χ0v) is 11.8. The number of nitrogens with zero attached hydrogens (tertiary/aromatic N) is 3. The SMILES string of the molecule is CCCn1nncc1C(NN)C(C)(CC)OCC. The van der Waals surface area contributed by atoms with Crippen molar-refractivity contribution < 1.29 is 4.74 Å². The number of aryl methyl sites for hydroxylation is 1. The number of aromatic nitrogens is 3. The third-order valence-electron chi connectivity index (χ3n) is 3.33. The minimum Gasteiger partial charge on any atom is -0.373 e. The fourth-order valence-electron chi connectivity index (χ4n) is 2.17. The molecule has 2 atom stereocenters. The molecular formula is C12H25N5O. The van der Waals surface area contributed by atoms with Gasteiger partial charge in [-0.15, -0.1) is 5.10 Å². The van der Waals surface area contributed by atoms with Crippen LogP contribution in [0.1, 0.15) is 52.3 Å². The smallest absolute Gasteiger partial charge is 0.0931 e. The van der Waals surface area contributed by atoms with E-state index >= 15 is 0 Å². The van der Waals surface area contributed by atoms with Crippen LogP contribution in [0.2, 0.25) is 0 Å². The van der Waals surface area contributed by atoms with E-state index in [1.54, 1.807) is 6.20 Å². The van der Waals surface area contributed by atoms with Gasteiger partial charge in [0.15, 0.2) is 0 Å². The topological polar surface area (TPSA) is 78.0 Å². The molecule has 0 saturated carbocycles. The molecule has 0 spiro atoms. The molecule has 0 amide bonds. The van der Waals surface area contributed by atoms with E-state index in [2.05, 4.69) is 36.5 Å². The number of nitrogens with two attached hydrogens (primary N) is 1. The molecule has 0 fully saturated rings. The Morgan fingerprint density at radius 2 is 2.22 bits per heavy atom. The van der Waals surface area contributed by atoms with Crippen LogP contribution < -0.4 is 11.3 Å². The lowest BCUT2D eigenvalue weighted by molar-refractivity contribution is -0.0583. The summed E-state index contributed by atoms with van der Waals surface area (Å²) in [6, 6.07) is -0.121. The van der Waals surface area contributed by atoms with Crippen molar-refractivity contribution in [3.63, 3.8) is 0 Å². The average molecular weight is 255 g/mol. The molecule has 0 aromatic carbocycles. The highest BCUT2D eigenvalue weighted by Crippen LogP contribution is 2.31. The van der Waals surface area contributed by atoms with Crippen LogP contribution in [0.15, 0.2) is 6.20 Å². The maximum Gasteiger partial charge on any atom is 0.0931 e. The van der Waals surface area contributed by atoms with Crippen molar-refractivity contribution in [2.75, 3.05) is 6.61 Å². The lowest BCUT2D eigenvalue weighted by Gasteiger charge is -2.36. The van der Waals surface area contributed by atoms with Crippen LogP contribution in [0.3, 0.4) is 0 Å². The lowest BCUT2D eigenvalue weighted by atomic mass is 9.91. The molecule has 3 N–H and O–H groups in total. The lowest BCUT2D eigenvalue weighted by Crippen LogP contribution is -2.47. The van der Waals surface area contributed by atoms with E-state index in [0.29, 0.717) is 6.61 Å².